The zero-order chi connectivity index (χ0) is 13.7. The first kappa shape index (κ1) is 14.0. The Bertz CT molecular complexity index is 531. The molecule has 0 spiro atoms. The van der Waals surface area contributed by atoms with E-state index in [-0.39, 0.29) is 6.04 Å². The molecule has 0 amide bonds. The molecule has 1 heterocycles. The molecular formula is C15H17BrN2O. The Balaban J connectivity index is 2.06. The molecule has 100 valence electrons. The van der Waals surface area contributed by atoms with E-state index in [2.05, 4.69) is 27.0 Å². The molecule has 2 N–H and O–H groups in total. The molecule has 1 unspecified atom stereocenters. The summed E-state index contributed by atoms with van der Waals surface area (Å²) in [5.41, 5.74) is 8.49. The number of methoxy groups -OCH3 is 1. The number of rotatable bonds is 5. The van der Waals surface area contributed by atoms with E-state index in [9.17, 15) is 0 Å². The molecule has 1 aromatic carbocycles. The summed E-state index contributed by atoms with van der Waals surface area (Å²) in [7, 11) is 1.68. The SMILES string of the molecule is COc1ccc(Br)cc1CC(N)Cc1cccnc1. The standard InChI is InChI=1S/C15H17BrN2O/c1-19-15-5-4-13(16)8-12(15)9-14(17)7-11-3-2-6-18-10-11/h2-6,8,10,14H,7,9,17H2,1H3. The number of nitrogens with zero attached hydrogens (tertiary/aromatic N) is 1. The molecule has 0 bridgehead atoms. The van der Waals surface area contributed by atoms with Crippen molar-refractivity contribution in [2.45, 2.75) is 18.9 Å². The van der Waals surface area contributed by atoms with Gasteiger partial charge in [-0.25, -0.2) is 0 Å². The molecule has 0 saturated carbocycles. The first-order valence-electron chi connectivity index (χ1n) is 6.16. The number of aromatic nitrogens is 1. The van der Waals surface area contributed by atoms with Crippen molar-refractivity contribution in [2.75, 3.05) is 7.11 Å². The Kier molecular flexibility index (Phi) is 4.93. The van der Waals surface area contributed by atoms with Gasteiger partial charge in [-0.2, -0.15) is 0 Å². The average Bonchev–Trinajstić information content (AvgIpc) is 2.40. The highest BCUT2D eigenvalue weighted by molar-refractivity contribution is 9.10. The number of pyridine rings is 1. The second-order valence-corrected chi connectivity index (χ2v) is 5.40. The summed E-state index contributed by atoms with van der Waals surface area (Å²) in [6.45, 7) is 0. The summed E-state index contributed by atoms with van der Waals surface area (Å²) >= 11 is 3.48. The third kappa shape index (κ3) is 4.04. The minimum absolute atomic E-state index is 0.0485. The Hall–Kier alpha value is -1.39. The van der Waals surface area contributed by atoms with Crippen molar-refractivity contribution in [3.63, 3.8) is 0 Å². The van der Waals surface area contributed by atoms with Gasteiger partial charge in [0.2, 0.25) is 0 Å². The van der Waals surface area contributed by atoms with Crippen LogP contribution in [0, 0.1) is 0 Å². The third-order valence-electron chi connectivity index (χ3n) is 2.95. The molecule has 19 heavy (non-hydrogen) atoms. The van der Waals surface area contributed by atoms with Crippen molar-refractivity contribution in [1.29, 1.82) is 0 Å². The van der Waals surface area contributed by atoms with Crippen molar-refractivity contribution < 1.29 is 4.74 Å². The number of ether oxygens (including phenoxy) is 1. The zero-order valence-corrected chi connectivity index (χ0v) is 12.4. The molecule has 0 aliphatic rings. The second-order valence-electron chi connectivity index (χ2n) is 4.49. The lowest BCUT2D eigenvalue weighted by molar-refractivity contribution is 0.407. The van der Waals surface area contributed by atoms with Crippen LogP contribution in [0.4, 0.5) is 0 Å². The van der Waals surface area contributed by atoms with E-state index < -0.39 is 0 Å². The number of nitrogens with two attached hydrogens (primary N) is 1. The highest BCUT2D eigenvalue weighted by Gasteiger charge is 2.10. The molecule has 1 atom stereocenters. The van der Waals surface area contributed by atoms with Crippen LogP contribution in [0.15, 0.2) is 47.2 Å². The van der Waals surface area contributed by atoms with E-state index in [1.165, 1.54) is 0 Å². The summed E-state index contributed by atoms with van der Waals surface area (Å²) in [4.78, 5) is 4.10. The molecule has 0 saturated heterocycles. The number of hydrogen-bond acceptors (Lipinski definition) is 3. The van der Waals surface area contributed by atoms with E-state index >= 15 is 0 Å². The topological polar surface area (TPSA) is 48.1 Å². The fraction of sp³-hybridized carbons (Fsp3) is 0.267. The average molecular weight is 321 g/mol. The first-order valence-corrected chi connectivity index (χ1v) is 6.95. The molecule has 0 aliphatic heterocycles. The van der Waals surface area contributed by atoms with Gasteiger partial charge in [0, 0.05) is 22.9 Å². The maximum atomic E-state index is 6.21. The van der Waals surface area contributed by atoms with E-state index in [1.54, 1.807) is 13.3 Å². The van der Waals surface area contributed by atoms with Crippen LogP contribution < -0.4 is 10.5 Å². The van der Waals surface area contributed by atoms with Gasteiger partial charge >= 0.3 is 0 Å². The predicted octanol–water partition coefficient (Wildman–Crippen LogP) is 2.97. The lowest BCUT2D eigenvalue weighted by atomic mass is 10.00. The van der Waals surface area contributed by atoms with Crippen molar-refractivity contribution >= 4 is 15.9 Å². The normalized spacial score (nSPS) is 12.2. The van der Waals surface area contributed by atoms with E-state index in [0.717, 1.165) is 34.2 Å². The minimum atomic E-state index is 0.0485. The number of benzene rings is 1. The van der Waals surface area contributed by atoms with Gasteiger partial charge in [-0.15, -0.1) is 0 Å². The molecule has 3 nitrogen and oxygen atoms in total. The van der Waals surface area contributed by atoms with Crippen LogP contribution in [0.2, 0.25) is 0 Å². The van der Waals surface area contributed by atoms with Gasteiger partial charge in [-0.3, -0.25) is 4.98 Å². The van der Waals surface area contributed by atoms with E-state index in [4.69, 9.17) is 10.5 Å². The predicted molar refractivity (Wildman–Crippen MR) is 80.3 cm³/mol. The Labute approximate surface area is 121 Å². The van der Waals surface area contributed by atoms with Crippen LogP contribution in [0.5, 0.6) is 5.75 Å². The Morgan fingerprint density at radius 1 is 1.32 bits per heavy atom. The fourth-order valence-electron chi connectivity index (χ4n) is 2.08. The molecule has 2 aromatic rings. The zero-order valence-electron chi connectivity index (χ0n) is 10.8. The van der Waals surface area contributed by atoms with Gasteiger partial charge in [0.15, 0.2) is 0 Å². The van der Waals surface area contributed by atoms with Crippen molar-refractivity contribution in [3.05, 3.63) is 58.3 Å². The molecule has 0 aliphatic carbocycles. The monoisotopic (exact) mass is 320 g/mol. The van der Waals surface area contributed by atoms with Gasteiger partial charge in [0.05, 0.1) is 7.11 Å². The van der Waals surface area contributed by atoms with Crippen LogP contribution >= 0.6 is 15.9 Å². The summed E-state index contributed by atoms with van der Waals surface area (Å²) in [5.74, 6) is 0.879. The molecule has 0 fully saturated rings. The maximum absolute atomic E-state index is 6.21. The lowest BCUT2D eigenvalue weighted by Crippen LogP contribution is -2.25. The minimum Gasteiger partial charge on any atom is -0.496 e. The maximum Gasteiger partial charge on any atom is 0.122 e. The third-order valence-corrected chi connectivity index (χ3v) is 3.44. The molecule has 2 rings (SSSR count). The Morgan fingerprint density at radius 2 is 2.16 bits per heavy atom. The first-order chi connectivity index (χ1) is 9.19. The fourth-order valence-corrected chi connectivity index (χ4v) is 2.49. The molecule has 0 radical (unpaired) electrons. The van der Waals surface area contributed by atoms with Crippen LogP contribution in [-0.2, 0) is 12.8 Å². The van der Waals surface area contributed by atoms with E-state index in [0.29, 0.717) is 0 Å². The molecular weight excluding hydrogens is 304 g/mol. The lowest BCUT2D eigenvalue weighted by Gasteiger charge is -2.14. The van der Waals surface area contributed by atoms with Crippen molar-refractivity contribution in [1.82, 2.24) is 4.98 Å². The van der Waals surface area contributed by atoms with Gasteiger partial charge in [0.25, 0.3) is 0 Å². The highest BCUT2D eigenvalue weighted by Crippen LogP contribution is 2.24. The van der Waals surface area contributed by atoms with Crippen LogP contribution in [0.1, 0.15) is 11.1 Å². The highest BCUT2D eigenvalue weighted by atomic mass is 79.9. The summed E-state index contributed by atoms with van der Waals surface area (Å²) in [6.07, 6.45) is 5.21. The van der Waals surface area contributed by atoms with E-state index in [1.807, 2.05) is 30.5 Å². The van der Waals surface area contributed by atoms with Crippen molar-refractivity contribution in [3.8, 4) is 5.75 Å². The Morgan fingerprint density at radius 3 is 2.84 bits per heavy atom. The second kappa shape index (κ2) is 6.68. The van der Waals surface area contributed by atoms with Gasteiger partial charge in [0.1, 0.15) is 5.75 Å². The summed E-state index contributed by atoms with van der Waals surface area (Å²) in [5, 5.41) is 0. The molecule has 1 aromatic heterocycles. The quantitative estimate of drug-likeness (QED) is 0.921. The summed E-state index contributed by atoms with van der Waals surface area (Å²) < 4.78 is 6.40. The largest absolute Gasteiger partial charge is 0.496 e. The van der Waals surface area contributed by atoms with Crippen LogP contribution in [0.3, 0.4) is 0 Å². The smallest absolute Gasteiger partial charge is 0.122 e. The van der Waals surface area contributed by atoms with Gasteiger partial charge < -0.3 is 10.5 Å². The number of hydrogen-bond donors (Lipinski definition) is 1. The van der Waals surface area contributed by atoms with Gasteiger partial charge in [-0.1, -0.05) is 22.0 Å². The summed E-state index contributed by atoms with van der Waals surface area (Å²) in [6, 6.07) is 10.0. The van der Waals surface area contributed by atoms with Crippen LogP contribution in [-0.4, -0.2) is 18.1 Å². The van der Waals surface area contributed by atoms with Crippen LogP contribution in [0.25, 0.3) is 0 Å². The number of halogens is 1. The van der Waals surface area contributed by atoms with Gasteiger partial charge in [-0.05, 0) is 48.2 Å². The molecule has 4 heteroatoms. The van der Waals surface area contributed by atoms with Crippen molar-refractivity contribution in [2.24, 2.45) is 5.73 Å².